The molecule has 0 spiro atoms. The third-order valence-electron chi connectivity index (χ3n) is 4.33. The molecule has 0 saturated carbocycles. The lowest BCUT2D eigenvalue weighted by atomic mass is 9.91. The van der Waals surface area contributed by atoms with Crippen LogP contribution in [0.2, 0.25) is 0 Å². The number of H-pyrrole nitrogens is 1. The average Bonchev–Trinajstić information content (AvgIpc) is 3.21. The monoisotopic (exact) mass is 317 g/mol. The van der Waals surface area contributed by atoms with Crippen LogP contribution in [0.25, 0.3) is 0 Å². The molecule has 0 aliphatic carbocycles. The van der Waals surface area contributed by atoms with Crippen molar-refractivity contribution in [1.29, 1.82) is 0 Å². The zero-order chi connectivity index (χ0) is 16.2. The van der Waals surface area contributed by atoms with E-state index in [1.54, 1.807) is 12.3 Å². The lowest BCUT2D eigenvalue weighted by Gasteiger charge is -2.30. The van der Waals surface area contributed by atoms with Gasteiger partial charge in [-0.05, 0) is 38.7 Å². The number of ether oxygens (including phenoxy) is 1. The minimum atomic E-state index is -0.170. The molecule has 23 heavy (non-hydrogen) atoms. The van der Waals surface area contributed by atoms with Crippen LogP contribution in [0.1, 0.15) is 47.8 Å². The summed E-state index contributed by atoms with van der Waals surface area (Å²) in [6.45, 7) is 6.23. The van der Waals surface area contributed by atoms with Gasteiger partial charge in [-0.3, -0.25) is 9.89 Å². The van der Waals surface area contributed by atoms with Crippen LogP contribution in [0.15, 0.2) is 18.5 Å². The first-order chi connectivity index (χ1) is 11.2. The number of nitrogens with zero attached hydrogens (tertiary/aromatic N) is 3. The molecule has 2 aromatic rings. The number of amides is 1. The first-order valence-corrected chi connectivity index (χ1v) is 8.10. The number of aromatic nitrogens is 4. The number of rotatable bonds is 5. The predicted octanol–water partition coefficient (Wildman–Crippen LogP) is 1.83. The van der Waals surface area contributed by atoms with Gasteiger partial charge in [-0.25, -0.2) is 4.98 Å². The van der Waals surface area contributed by atoms with Gasteiger partial charge in [0.2, 0.25) is 0 Å². The maximum absolute atomic E-state index is 12.5. The third kappa shape index (κ3) is 3.44. The summed E-state index contributed by atoms with van der Waals surface area (Å²) in [5, 5.41) is 9.99. The number of carbonyl (C=O) groups is 1. The molecule has 7 heteroatoms. The van der Waals surface area contributed by atoms with Crippen LogP contribution in [0.4, 0.5) is 0 Å². The van der Waals surface area contributed by atoms with Gasteiger partial charge in [0.15, 0.2) is 0 Å². The van der Waals surface area contributed by atoms with E-state index in [0.29, 0.717) is 11.6 Å². The predicted molar refractivity (Wildman–Crippen MR) is 85.0 cm³/mol. The molecule has 1 amide bonds. The summed E-state index contributed by atoms with van der Waals surface area (Å²) >= 11 is 0. The summed E-state index contributed by atoms with van der Waals surface area (Å²) in [6, 6.07) is 1.63. The lowest BCUT2D eigenvalue weighted by Crippen LogP contribution is -2.37. The van der Waals surface area contributed by atoms with Crippen LogP contribution >= 0.6 is 0 Å². The fraction of sp³-hybridized carbons (Fsp3) is 0.562. The molecule has 7 nitrogen and oxygen atoms in total. The molecule has 0 radical (unpaired) electrons. The molecule has 3 rings (SSSR count). The SMILES string of the molecule is CCn1ccnc1C(NC(=O)c1cc(C)[nH]n1)C1CCOCC1. The van der Waals surface area contributed by atoms with Crippen molar-refractivity contribution in [2.45, 2.75) is 39.3 Å². The summed E-state index contributed by atoms with van der Waals surface area (Å²) in [5.74, 6) is 1.05. The quantitative estimate of drug-likeness (QED) is 0.881. The summed E-state index contributed by atoms with van der Waals surface area (Å²) in [6.07, 6.45) is 5.57. The van der Waals surface area contributed by atoms with Crippen molar-refractivity contribution in [3.8, 4) is 0 Å². The second-order valence-corrected chi connectivity index (χ2v) is 5.91. The molecular weight excluding hydrogens is 294 g/mol. The van der Waals surface area contributed by atoms with E-state index in [4.69, 9.17) is 4.74 Å². The number of imidazole rings is 1. The van der Waals surface area contributed by atoms with Gasteiger partial charge in [0.25, 0.3) is 5.91 Å². The van der Waals surface area contributed by atoms with E-state index in [-0.39, 0.29) is 11.9 Å². The highest BCUT2D eigenvalue weighted by Crippen LogP contribution is 2.29. The maximum Gasteiger partial charge on any atom is 0.272 e. The Morgan fingerprint density at radius 3 is 2.96 bits per heavy atom. The smallest absolute Gasteiger partial charge is 0.272 e. The van der Waals surface area contributed by atoms with E-state index in [2.05, 4.69) is 32.0 Å². The Hall–Kier alpha value is -2.15. The van der Waals surface area contributed by atoms with Crippen LogP contribution in [-0.2, 0) is 11.3 Å². The number of hydrogen-bond acceptors (Lipinski definition) is 4. The van der Waals surface area contributed by atoms with Gasteiger partial charge in [0.1, 0.15) is 11.5 Å². The molecule has 1 atom stereocenters. The fourth-order valence-corrected chi connectivity index (χ4v) is 3.06. The Bertz CT molecular complexity index is 657. The molecule has 1 aliphatic rings. The zero-order valence-corrected chi connectivity index (χ0v) is 13.6. The van der Waals surface area contributed by atoms with E-state index in [1.165, 1.54) is 0 Å². The normalized spacial score (nSPS) is 17.1. The molecule has 1 fully saturated rings. The van der Waals surface area contributed by atoms with Crippen molar-refractivity contribution in [1.82, 2.24) is 25.1 Å². The van der Waals surface area contributed by atoms with Crippen LogP contribution in [0.5, 0.6) is 0 Å². The van der Waals surface area contributed by atoms with Crippen molar-refractivity contribution in [2.24, 2.45) is 5.92 Å². The van der Waals surface area contributed by atoms with Gasteiger partial charge in [-0.1, -0.05) is 0 Å². The third-order valence-corrected chi connectivity index (χ3v) is 4.33. The molecule has 0 aromatic carbocycles. The molecule has 1 unspecified atom stereocenters. The van der Waals surface area contributed by atoms with Gasteiger partial charge >= 0.3 is 0 Å². The number of aryl methyl sites for hydroxylation is 2. The molecule has 1 aliphatic heterocycles. The van der Waals surface area contributed by atoms with Crippen LogP contribution < -0.4 is 5.32 Å². The van der Waals surface area contributed by atoms with Crippen LogP contribution in [-0.4, -0.2) is 38.9 Å². The first-order valence-electron chi connectivity index (χ1n) is 8.10. The maximum atomic E-state index is 12.5. The van der Waals surface area contributed by atoms with Crippen LogP contribution in [0.3, 0.4) is 0 Å². The van der Waals surface area contributed by atoms with Crippen molar-refractivity contribution in [2.75, 3.05) is 13.2 Å². The Morgan fingerprint density at radius 1 is 1.52 bits per heavy atom. The molecule has 0 bridgehead atoms. The summed E-state index contributed by atoms with van der Waals surface area (Å²) < 4.78 is 7.54. The Kier molecular flexibility index (Phi) is 4.76. The molecule has 124 valence electrons. The molecule has 2 aromatic heterocycles. The van der Waals surface area contributed by atoms with E-state index in [9.17, 15) is 4.79 Å². The standard InChI is InChI=1S/C16H23N5O2/c1-3-21-7-6-17-15(21)14(12-4-8-23-9-5-12)18-16(22)13-10-11(2)19-20-13/h6-7,10,12,14H,3-5,8-9H2,1-2H3,(H,18,22)(H,19,20). The number of carbonyl (C=O) groups excluding carboxylic acids is 1. The van der Waals surface area contributed by atoms with Crippen LogP contribution in [0, 0.1) is 12.8 Å². The first kappa shape index (κ1) is 15.7. The molecule has 1 saturated heterocycles. The highest BCUT2D eigenvalue weighted by atomic mass is 16.5. The highest BCUT2D eigenvalue weighted by molar-refractivity contribution is 5.92. The number of hydrogen-bond donors (Lipinski definition) is 2. The second kappa shape index (κ2) is 6.95. The van der Waals surface area contributed by atoms with Gasteiger partial charge in [-0.2, -0.15) is 5.10 Å². The van der Waals surface area contributed by atoms with Crippen molar-refractivity contribution in [3.05, 3.63) is 35.7 Å². The van der Waals surface area contributed by atoms with Crippen molar-refractivity contribution in [3.63, 3.8) is 0 Å². The summed E-state index contributed by atoms with van der Waals surface area (Å²) in [4.78, 5) is 17.0. The average molecular weight is 317 g/mol. The lowest BCUT2D eigenvalue weighted by molar-refractivity contribution is 0.0497. The summed E-state index contributed by atoms with van der Waals surface area (Å²) in [7, 11) is 0. The largest absolute Gasteiger partial charge is 0.381 e. The van der Waals surface area contributed by atoms with Gasteiger partial charge in [0.05, 0.1) is 6.04 Å². The van der Waals surface area contributed by atoms with Gasteiger partial charge in [-0.15, -0.1) is 0 Å². The number of aromatic amines is 1. The van der Waals surface area contributed by atoms with E-state index >= 15 is 0 Å². The van der Waals surface area contributed by atoms with E-state index in [0.717, 1.165) is 44.1 Å². The van der Waals surface area contributed by atoms with Gasteiger partial charge in [0, 0.05) is 37.8 Å². The Balaban J connectivity index is 1.84. The minimum absolute atomic E-state index is 0.127. The second-order valence-electron chi connectivity index (χ2n) is 5.91. The highest BCUT2D eigenvalue weighted by Gasteiger charge is 2.30. The molecular formula is C16H23N5O2. The fourth-order valence-electron chi connectivity index (χ4n) is 3.06. The Morgan fingerprint density at radius 2 is 2.30 bits per heavy atom. The summed E-state index contributed by atoms with van der Waals surface area (Å²) in [5.41, 5.74) is 1.28. The molecule has 3 heterocycles. The minimum Gasteiger partial charge on any atom is -0.381 e. The zero-order valence-electron chi connectivity index (χ0n) is 13.6. The Labute approximate surface area is 135 Å². The topological polar surface area (TPSA) is 84.8 Å². The van der Waals surface area contributed by atoms with Crippen molar-refractivity contribution >= 4 is 5.91 Å². The molecule has 2 N–H and O–H groups in total. The van der Waals surface area contributed by atoms with E-state index < -0.39 is 0 Å². The van der Waals surface area contributed by atoms with Crippen molar-refractivity contribution < 1.29 is 9.53 Å². The number of nitrogens with one attached hydrogen (secondary N) is 2. The van der Waals surface area contributed by atoms with Gasteiger partial charge < -0.3 is 14.6 Å². The van der Waals surface area contributed by atoms with E-state index in [1.807, 2.05) is 13.1 Å².